The van der Waals surface area contributed by atoms with Gasteiger partial charge in [0.25, 0.3) is 0 Å². The maximum atomic E-state index is 5.37. The highest BCUT2D eigenvalue weighted by molar-refractivity contribution is 4.84. The molecular formula is C7H13NO. The van der Waals surface area contributed by atoms with Crippen molar-refractivity contribution in [3.8, 4) is 0 Å². The van der Waals surface area contributed by atoms with Gasteiger partial charge in [0, 0.05) is 18.7 Å². The molecule has 0 aromatic heterocycles. The Balaban J connectivity index is 1.99. The van der Waals surface area contributed by atoms with Crippen LogP contribution in [0.25, 0.3) is 0 Å². The fraction of sp³-hybridized carbons (Fsp3) is 1.00. The van der Waals surface area contributed by atoms with Crippen LogP contribution in [0.5, 0.6) is 0 Å². The van der Waals surface area contributed by atoms with Crippen LogP contribution < -0.4 is 5.32 Å². The summed E-state index contributed by atoms with van der Waals surface area (Å²) >= 11 is 0. The molecule has 2 unspecified atom stereocenters. The number of hydrogen-bond donors (Lipinski definition) is 1. The van der Waals surface area contributed by atoms with Crippen LogP contribution in [-0.4, -0.2) is 25.3 Å². The summed E-state index contributed by atoms with van der Waals surface area (Å²) < 4.78 is 5.37. The largest absolute Gasteiger partial charge is 0.380 e. The van der Waals surface area contributed by atoms with Crippen LogP contribution in [0.15, 0.2) is 0 Å². The molecule has 2 heteroatoms. The summed E-state index contributed by atoms with van der Waals surface area (Å²) in [6.07, 6.45) is 3.91. The van der Waals surface area contributed by atoms with Crippen LogP contribution >= 0.6 is 0 Å². The summed E-state index contributed by atoms with van der Waals surface area (Å²) in [7, 11) is 0. The Bertz CT molecular complexity index is 93.1. The highest BCUT2D eigenvalue weighted by Crippen LogP contribution is 2.18. The van der Waals surface area contributed by atoms with Gasteiger partial charge in [-0.2, -0.15) is 0 Å². The van der Waals surface area contributed by atoms with Gasteiger partial charge < -0.3 is 10.1 Å². The molecule has 52 valence electrons. The van der Waals surface area contributed by atoms with E-state index in [0.29, 0.717) is 6.04 Å². The first-order valence-electron chi connectivity index (χ1n) is 3.79. The molecule has 0 spiro atoms. The Kier molecular flexibility index (Phi) is 1.44. The van der Waals surface area contributed by atoms with Gasteiger partial charge in [-0.1, -0.05) is 0 Å². The van der Waals surface area contributed by atoms with Gasteiger partial charge in [-0.25, -0.2) is 0 Å². The lowest BCUT2D eigenvalue weighted by atomic mass is 10.1. The van der Waals surface area contributed by atoms with E-state index in [-0.39, 0.29) is 0 Å². The summed E-state index contributed by atoms with van der Waals surface area (Å²) in [5.41, 5.74) is 0. The molecule has 2 nitrogen and oxygen atoms in total. The Morgan fingerprint density at radius 1 is 1.11 bits per heavy atom. The molecule has 0 saturated carbocycles. The topological polar surface area (TPSA) is 21.3 Å². The first-order valence-corrected chi connectivity index (χ1v) is 3.79. The molecule has 2 heterocycles. The molecule has 2 fully saturated rings. The summed E-state index contributed by atoms with van der Waals surface area (Å²) in [6.45, 7) is 1.91. The standard InChI is InChI=1S/C7H13NO/c1-2-7-5-9-4-3-6(1)8-7/h6-8H,1-5H2. The number of rotatable bonds is 0. The molecule has 0 aromatic rings. The molecule has 2 aliphatic heterocycles. The summed E-state index contributed by atoms with van der Waals surface area (Å²) in [6, 6.07) is 1.45. The second kappa shape index (κ2) is 2.27. The first kappa shape index (κ1) is 5.69. The highest BCUT2D eigenvalue weighted by atomic mass is 16.5. The van der Waals surface area contributed by atoms with E-state index in [1.807, 2.05) is 0 Å². The van der Waals surface area contributed by atoms with Gasteiger partial charge >= 0.3 is 0 Å². The second-order valence-corrected chi connectivity index (χ2v) is 3.00. The Morgan fingerprint density at radius 3 is 3.00 bits per heavy atom. The number of nitrogens with one attached hydrogen (secondary N) is 1. The third-order valence-electron chi connectivity index (χ3n) is 2.26. The third-order valence-corrected chi connectivity index (χ3v) is 2.26. The van der Waals surface area contributed by atoms with Gasteiger partial charge in [-0.3, -0.25) is 0 Å². The molecule has 0 aromatic carbocycles. The predicted octanol–water partition coefficient (Wildman–Crippen LogP) is 0.527. The third kappa shape index (κ3) is 1.10. The Labute approximate surface area is 55.6 Å². The van der Waals surface area contributed by atoms with E-state index in [2.05, 4.69) is 5.32 Å². The van der Waals surface area contributed by atoms with E-state index in [1.165, 1.54) is 19.3 Å². The average molecular weight is 127 g/mol. The van der Waals surface area contributed by atoms with Crippen molar-refractivity contribution in [3.05, 3.63) is 0 Å². The van der Waals surface area contributed by atoms with Crippen LogP contribution in [-0.2, 0) is 4.74 Å². The van der Waals surface area contributed by atoms with Gasteiger partial charge in [0.2, 0.25) is 0 Å². The van der Waals surface area contributed by atoms with E-state index in [0.717, 1.165) is 19.3 Å². The smallest absolute Gasteiger partial charge is 0.0619 e. The van der Waals surface area contributed by atoms with E-state index in [1.54, 1.807) is 0 Å². The minimum absolute atomic E-state index is 0.678. The molecule has 9 heavy (non-hydrogen) atoms. The van der Waals surface area contributed by atoms with Crippen LogP contribution in [0.1, 0.15) is 19.3 Å². The van der Waals surface area contributed by atoms with Gasteiger partial charge in [-0.05, 0) is 19.3 Å². The molecule has 2 aliphatic rings. The minimum atomic E-state index is 0.678. The van der Waals surface area contributed by atoms with Crippen molar-refractivity contribution in [2.24, 2.45) is 0 Å². The predicted molar refractivity (Wildman–Crippen MR) is 35.4 cm³/mol. The van der Waals surface area contributed by atoms with E-state index >= 15 is 0 Å². The second-order valence-electron chi connectivity index (χ2n) is 3.00. The monoisotopic (exact) mass is 127 g/mol. The van der Waals surface area contributed by atoms with Crippen molar-refractivity contribution in [1.82, 2.24) is 5.32 Å². The summed E-state index contributed by atoms with van der Waals surface area (Å²) in [5.74, 6) is 0. The van der Waals surface area contributed by atoms with E-state index < -0.39 is 0 Å². The van der Waals surface area contributed by atoms with Gasteiger partial charge in [0.15, 0.2) is 0 Å². The molecule has 2 rings (SSSR count). The van der Waals surface area contributed by atoms with Crippen LogP contribution in [0.2, 0.25) is 0 Å². The lowest BCUT2D eigenvalue weighted by Gasteiger charge is -2.05. The number of ether oxygens (including phenoxy) is 1. The maximum Gasteiger partial charge on any atom is 0.0619 e. The number of hydrogen-bond acceptors (Lipinski definition) is 2. The molecule has 2 saturated heterocycles. The van der Waals surface area contributed by atoms with Crippen molar-refractivity contribution in [1.29, 1.82) is 0 Å². The lowest BCUT2D eigenvalue weighted by molar-refractivity contribution is 0.124. The zero-order valence-corrected chi connectivity index (χ0v) is 5.60. The van der Waals surface area contributed by atoms with Gasteiger partial charge in [0.1, 0.15) is 0 Å². The van der Waals surface area contributed by atoms with Crippen molar-refractivity contribution in [2.45, 2.75) is 31.3 Å². The summed E-state index contributed by atoms with van der Waals surface area (Å²) in [4.78, 5) is 0. The van der Waals surface area contributed by atoms with Crippen LogP contribution in [0.4, 0.5) is 0 Å². The quantitative estimate of drug-likeness (QED) is 0.512. The molecule has 0 amide bonds. The van der Waals surface area contributed by atoms with Crippen LogP contribution in [0.3, 0.4) is 0 Å². The normalized spacial score (nSPS) is 42.7. The van der Waals surface area contributed by atoms with Gasteiger partial charge in [-0.15, -0.1) is 0 Å². The van der Waals surface area contributed by atoms with Crippen molar-refractivity contribution in [3.63, 3.8) is 0 Å². The Hall–Kier alpha value is -0.0800. The molecule has 1 N–H and O–H groups in total. The lowest BCUT2D eigenvalue weighted by Crippen LogP contribution is -2.29. The molecule has 2 bridgehead atoms. The van der Waals surface area contributed by atoms with Crippen molar-refractivity contribution < 1.29 is 4.74 Å². The summed E-state index contributed by atoms with van der Waals surface area (Å²) in [5, 5.41) is 3.53. The SMILES string of the molecule is C1CC2CCC(CO1)N2. The van der Waals surface area contributed by atoms with Gasteiger partial charge in [0.05, 0.1) is 6.61 Å². The fourth-order valence-electron chi connectivity index (χ4n) is 1.71. The fourth-order valence-corrected chi connectivity index (χ4v) is 1.71. The van der Waals surface area contributed by atoms with Crippen molar-refractivity contribution >= 4 is 0 Å². The zero-order chi connectivity index (χ0) is 6.10. The minimum Gasteiger partial charge on any atom is -0.380 e. The molecular weight excluding hydrogens is 114 g/mol. The van der Waals surface area contributed by atoms with Crippen LogP contribution in [0, 0.1) is 0 Å². The highest BCUT2D eigenvalue weighted by Gasteiger charge is 2.25. The van der Waals surface area contributed by atoms with E-state index in [9.17, 15) is 0 Å². The van der Waals surface area contributed by atoms with E-state index in [4.69, 9.17) is 4.74 Å². The zero-order valence-electron chi connectivity index (χ0n) is 5.60. The first-order chi connectivity index (χ1) is 4.45. The molecule has 0 aliphatic carbocycles. The Morgan fingerprint density at radius 2 is 2.00 bits per heavy atom. The maximum absolute atomic E-state index is 5.37. The number of fused-ring (bicyclic) bond motifs is 2. The molecule has 2 atom stereocenters. The molecule has 0 radical (unpaired) electrons. The average Bonchev–Trinajstić information content (AvgIpc) is 2.09. The van der Waals surface area contributed by atoms with Crippen molar-refractivity contribution in [2.75, 3.05) is 13.2 Å².